The summed E-state index contributed by atoms with van der Waals surface area (Å²) in [6.45, 7) is 7.21. The molecule has 0 aromatic rings. The molecule has 27 heavy (non-hydrogen) atoms. The maximum absolute atomic E-state index is 6.13. The number of hydrogen-bond donors (Lipinski definition) is 1. The first kappa shape index (κ1) is 23.2. The van der Waals surface area contributed by atoms with Gasteiger partial charge in [0, 0.05) is 39.8 Å². The van der Waals surface area contributed by atoms with E-state index in [1.54, 1.807) is 0 Å². The molecule has 3 aliphatic heterocycles. The van der Waals surface area contributed by atoms with Crippen molar-refractivity contribution in [1.82, 2.24) is 15.1 Å². The van der Waals surface area contributed by atoms with E-state index < -0.39 is 0 Å². The molecule has 0 radical (unpaired) electrons. The predicted molar refractivity (Wildman–Crippen MR) is 121 cm³/mol. The minimum atomic E-state index is 0. The highest BCUT2D eigenvalue weighted by molar-refractivity contribution is 14.0. The first-order valence-electron chi connectivity index (χ1n) is 10.6. The summed E-state index contributed by atoms with van der Waals surface area (Å²) in [5, 5.41) is 3.62. The number of hydrogen-bond acceptors (Lipinski definition) is 4. The first-order valence-corrected chi connectivity index (χ1v) is 10.6. The standard InChI is InChI=1S/C20H38N4O2.HI/c1-21-20(22-14-17-6-5-10-23(2)15-17)24-11-8-18(9-12-24)26-16-19-7-3-4-13-25-19;/h17-19H,3-16H2,1-2H3,(H,21,22);1H. The molecule has 0 aromatic heterocycles. The fourth-order valence-corrected chi connectivity index (χ4v) is 4.42. The lowest BCUT2D eigenvalue weighted by Gasteiger charge is -2.36. The van der Waals surface area contributed by atoms with E-state index >= 15 is 0 Å². The van der Waals surface area contributed by atoms with Gasteiger partial charge < -0.3 is 24.6 Å². The van der Waals surface area contributed by atoms with Crippen LogP contribution in [-0.4, -0.2) is 88.0 Å². The summed E-state index contributed by atoms with van der Waals surface area (Å²) in [6, 6.07) is 0. The molecule has 3 saturated heterocycles. The number of rotatable bonds is 5. The summed E-state index contributed by atoms with van der Waals surface area (Å²) >= 11 is 0. The smallest absolute Gasteiger partial charge is 0.193 e. The molecule has 7 heteroatoms. The van der Waals surface area contributed by atoms with Crippen molar-refractivity contribution < 1.29 is 9.47 Å². The fourth-order valence-electron chi connectivity index (χ4n) is 4.42. The van der Waals surface area contributed by atoms with Crippen LogP contribution in [0.25, 0.3) is 0 Å². The normalized spacial score (nSPS) is 28.7. The Morgan fingerprint density at radius 1 is 1.11 bits per heavy atom. The van der Waals surface area contributed by atoms with Gasteiger partial charge in [-0.15, -0.1) is 24.0 Å². The molecule has 3 aliphatic rings. The van der Waals surface area contributed by atoms with E-state index in [0.29, 0.717) is 12.2 Å². The molecular formula is C20H39IN4O2. The summed E-state index contributed by atoms with van der Waals surface area (Å²) in [4.78, 5) is 9.35. The van der Waals surface area contributed by atoms with Crippen molar-refractivity contribution in [3.05, 3.63) is 0 Å². The average Bonchev–Trinajstić information content (AvgIpc) is 2.69. The largest absolute Gasteiger partial charge is 0.376 e. The second-order valence-electron chi connectivity index (χ2n) is 8.21. The second-order valence-corrected chi connectivity index (χ2v) is 8.21. The van der Waals surface area contributed by atoms with Crippen molar-refractivity contribution in [2.75, 3.05) is 60.0 Å². The van der Waals surface area contributed by atoms with Crippen LogP contribution < -0.4 is 5.32 Å². The molecule has 0 aliphatic carbocycles. The number of likely N-dealkylation sites (tertiary alicyclic amines) is 2. The van der Waals surface area contributed by atoms with Gasteiger partial charge in [0.15, 0.2) is 5.96 Å². The van der Waals surface area contributed by atoms with E-state index in [0.717, 1.165) is 64.0 Å². The van der Waals surface area contributed by atoms with E-state index in [1.807, 2.05) is 7.05 Å². The third-order valence-electron chi connectivity index (χ3n) is 6.02. The number of ether oxygens (including phenoxy) is 2. The van der Waals surface area contributed by atoms with Crippen LogP contribution in [0, 0.1) is 5.92 Å². The van der Waals surface area contributed by atoms with Crippen molar-refractivity contribution in [2.24, 2.45) is 10.9 Å². The second kappa shape index (κ2) is 12.4. The lowest BCUT2D eigenvalue weighted by atomic mass is 9.98. The van der Waals surface area contributed by atoms with Gasteiger partial charge >= 0.3 is 0 Å². The Bertz CT molecular complexity index is 438. The van der Waals surface area contributed by atoms with Crippen molar-refractivity contribution >= 4 is 29.9 Å². The fraction of sp³-hybridized carbons (Fsp3) is 0.950. The molecule has 0 aromatic carbocycles. The lowest BCUT2D eigenvalue weighted by Crippen LogP contribution is -2.49. The van der Waals surface area contributed by atoms with Crippen LogP contribution in [0.1, 0.15) is 44.9 Å². The molecule has 2 unspecified atom stereocenters. The number of nitrogens with one attached hydrogen (secondary N) is 1. The van der Waals surface area contributed by atoms with Crippen LogP contribution in [0.5, 0.6) is 0 Å². The average molecular weight is 494 g/mol. The topological polar surface area (TPSA) is 49.3 Å². The quantitative estimate of drug-likeness (QED) is 0.362. The van der Waals surface area contributed by atoms with Crippen molar-refractivity contribution in [3.8, 4) is 0 Å². The molecule has 3 rings (SSSR count). The van der Waals surface area contributed by atoms with Gasteiger partial charge in [-0.25, -0.2) is 0 Å². The van der Waals surface area contributed by atoms with Crippen LogP contribution in [0.15, 0.2) is 4.99 Å². The van der Waals surface area contributed by atoms with Crippen LogP contribution in [0.3, 0.4) is 0 Å². The van der Waals surface area contributed by atoms with Gasteiger partial charge in [-0.1, -0.05) is 0 Å². The zero-order valence-electron chi connectivity index (χ0n) is 17.2. The molecule has 0 spiro atoms. The molecule has 0 amide bonds. The van der Waals surface area contributed by atoms with E-state index in [9.17, 15) is 0 Å². The Hall–Kier alpha value is -0.120. The number of halogens is 1. The first-order chi connectivity index (χ1) is 12.7. The number of piperidine rings is 2. The SMILES string of the molecule is CN=C(NCC1CCCN(C)C1)N1CCC(OCC2CCCCO2)CC1.I. The molecule has 6 nitrogen and oxygen atoms in total. The molecule has 158 valence electrons. The van der Waals surface area contributed by atoms with Crippen LogP contribution in [0.2, 0.25) is 0 Å². The summed E-state index contributed by atoms with van der Waals surface area (Å²) in [7, 11) is 4.13. The minimum Gasteiger partial charge on any atom is -0.376 e. The Morgan fingerprint density at radius 2 is 1.93 bits per heavy atom. The van der Waals surface area contributed by atoms with Gasteiger partial charge in [0.1, 0.15) is 0 Å². The molecule has 0 bridgehead atoms. The Kier molecular flexibility index (Phi) is 10.7. The summed E-state index contributed by atoms with van der Waals surface area (Å²) in [5.41, 5.74) is 0. The third kappa shape index (κ3) is 7.66. The summed E-state index contributed by atoms with van der Waals surface area (Å²) < 4.78 is 11.9. The van der Waals surface area contributed by atoms with Crippen molar-refractivity contribution in [3.63, 3.8) is 0 Å². The molecule has 2 atom stereocenters. The highest BCUT2D eigenvalue weighted by Gasteiger charge is 2.24. The number of aliphatic imine (C=N–C) groups is 1. The maximum atomic E-state index is 6.13. The van der Waals surface area contributed by atoms with Gasteiger partial charge in [0.25, 0.3) is 0 Å². The van der Waals surface area contributed by atoms with Crippen LogP contribution in [0.4, 0.5) is 0 Å². The minimum absolute atomic E-state index is 0. The highest BCUT2D eigenvalue weighted by Crippen LogP contribution is 2.18. The molecular weight excluding hydrogens is 455 g/mol. The molecule has 1 N–H and O–H groups in total. The van der Waals surface area contributed by atoms with Gasteiger partial charge in [-0.3, -0.25) is 4.99 Å². The van der Waals surface area contributed by atoms with Crippen molar-refractivity contribution in [2.45, 2.75) is 57.2 Å². The predicted octanol–water partition coefficient (Wildman–Crippen LogP) is 2.57. The Balaban J connectivity index is 0.00000261. The van der Waals surface area contributed by atoms with Gasteiger partial charge in [0.05, 0.1) is 18.8 Å². The molecule has 3 fully saturated rings. The number of guanidine groups is 1. The van der Waals surface area contributed by atoms with E-state index in [2.05, 4.69) is 27.2 Å². The highest BCUT2D eigenvalue weighted by atomic mass is 127. The number of nitrogens with zero attached hydrogens (tertiary/aromatic N) is 3. The van der Waals surface area contributed by atoms with Crippen LogP contribution >= 0.6 is 24.0 Å². The van der Waals surface area contributed by atoms with E-state index in [4.69, 9.17) is 9.47 Å². The van der Waals surface area contributed by atoms with Crippen molar-refractivity contribution in [1.29, 1.82) is 0 Å². The Labute approximate surface area is 182 Å². The zero-order valence-corrected chi connectivity index (χ0v) is 19.5. The van der Waals surface area contributed by atoms with Gasteiger partial charge in [-0.05, 0) is 64.5 Å². The molecule has 3 heterocycles. The third-order valence-corrected chi connectivity index (χ3v) is 6.02. The monoisotopic (exact) mass is 494 g/mol. The van der Waals surface area contributed by atoms with Crippen LogP contribution in [-0.2, 0) is 9.47 Å². The molecule has 0 saturated carbocycles. The maximum Gasteiger partial charge on any atom is 0.193 e. The van der Waals surface area contributed by atoms with E-state index in [1.165, 1.54) is 38.8 Å². The van der Waals surface area contributed by atoms with E-state index in [-0.39, 0.29) is 24.0 Å². The van der Waals surface area contributed by atoms with Gasteiger partial charge in [-0.2, -0.15) is 0 Å². The lowest BCUT2D eigenvalue weighted by molar-refractivity contribution is -0.0721. The summed E-state index contributed by atoms with van der Waals surface area (Å²) in [6.07, 6.45) is 9.16. The zero-order chi connectivity index (χ0) is 18.2. The van der Waals surface area contributed by atoms with Gasteiger partial charge in [0.2, 0.25) is 0 Å². The summed E-state index contributed by atoms with van der Waals surface area (Å²) in [5.74, 6) is 1.80. The Morgan fingerprint density at radius 3 is 2.59 bits per heavy atom.